The SMILES string of the molecule is CC(C)Oc1cc(OC2CC2)c(C(=O)N(C)C)cn1. The van der Waals surface area contributed by atoms with Crippen LogP contribution < -0.4 is 9.47 Å². The van der Waals surface area contributed by atoms with Crippen molar-refractivity contribution < 1.29 is 14.3 Å². The number of pyridine rings is 1. The van der Waals surface area contributed by atoms with Gasteiger partial charge in [-0.3, -0.25) is 4.79 Å². The van der Waals surface area contributed by atoms with Crippen LogP contribution in [0.4, 0.5) is 0 Å². The fraction of sp³-hybridized carbons (Fsp3) is 0.571. The van der Waals surface area contributed by atoms with Crippen LogP contribution in [0, 0.1) is 0 Å². The number of hydrogen-bond donors (Lipinski definition) is 0. The molecule has 0 spiro atoms. The van der Waals surface area contributed by atoms with Crippen LogP contribution >= 0.6 is 0 Å². The van der Waals surface area contributed by atoms with E-state index in [1.54, 1.807) is 20.2 Å². The van der Waals surface area contributed by atoms with Crippen molar-refractivity contribution in [1.29, 1.82) is 0 Å². The molecule has 1 aromatic heterocycles. The zero-order valence-corrected chi connectivity index (χ0v) is 11.8. The molecule has 0 saturated heterocycles. The first kappa shape index (κ1) is 13.6. The lowest BCUT2D eigenvalue weighted by atomic mass is 10.2. The Kier molecular flexibility index (Phi) is 3.93. The molecule has 0 atom stereocenters. The predicted molar refractivity (Wildman–Crippen MR) is 71.7 cm³/mol. The number of rotatable bonds is 5. The van der Waals surface area contributed by atoms with Crippen LogP contribution in [0.25, 0.3) is 0 Å². The Bertz CT molecular complexity index is 468. The molecule has 0 radical (unpaired) electrons. The zero-order chi connectivity index (χ0) is 14.0. The van der Waals surface area contributed by atoms with E-state index < -0.39 is 0 Å². The van der Waals surface area contributed by atoms with E-state index in [9.17, 15) is 4.79 Å². The number of amides is 1. The molecule has 104 valence electrons. The minimum Gasteiger partial charge on any atom is -0.489 e. The highest BCUT2D eigenvalue weighted by molar-refractivity contribution is 5.96. The third-order valence-electron chi connectivity index (χ3n) is 2.65. The van der Waals surface area contributed by atoms with Crippen molar-refractivity contribution in [2.75, 3.05) is 14.1 Å². The normalized spacial score (nSPS) is 14.4. The molecule has 5 heteroatoms. The zero-order valence-electron chi connectivity index (χ0n) is 11.8. The molecule has 1 fully saturated rings. The Hall–Kier alpha value is -1.78. The van der Waals surface area contributed by atoms with E-state index in [1.165, 1.54) is 11.1 Å². The summed E-state index contributed by atoms with van der Waals surface area (Å²) in [6, 6.07) is 1.70. The standard InChI is InChI=1S/C14H20N2O3/c1-9(2)18-13-7-12(19-10-5-6-10)11(8-15-13)14(17)16(3)4/h7-10H,5-6H2,1-4H3. The number of ether oxygens (including phenoxy) is 2. The van der Waals surface area contributed by atoms with Gasteiger partial charge in [0.1, 0.15) is 11.3 Å². The van der Waals surface area contributed by atoms with E-state index >= 15 is 0 Å². The van der Waals surface area contributed by atoms with Gasteiger partial charge in [0.25, 0.3) is 5.91 Å². The third-order valence-corrected chi connectivity index (χ3v) is 2.65. The van der Waals surface area contributed by atoms with Crippen molar-refractivity contribution >= 4 is 5.91 Å². The molecule has 0 N–H and O–H groups in total. The van der Waals surface area contributed by atoms with Crippen LogP contribution in [0.2, 0.25) is 0 Å². The summed E-state index contributed by atoms with van der Waals surface area (Å²) in [5.74, 6) is 0.937. The van der Waals surface area contributed by atoms with Gasteiger partial charge in [-0.2, -0.15) is 0 Å². The molecule has 0 bridgehead atoms. The van der Waals surface area contributed by atoms with Crippen molar-refractivity contribution in [1.82, 2.24) is 9.88 Å². The van der Waals surface area contributed by atoms with Crippen LogP contribution in [0.1, 0.15) is 37.0 Å². The number of hydrogen-bond acceptors (Lipinski definition) is 4. The number of carbonyl (C=O) groups excluding carboxylic acids is 1. The van der Waals surface area contributed by atoms with Crippen LogP contribution in [0.5, 0.6) is 11.6 Å². The predicted octanol–water partition coefficient (Wildman–Crippen LogP) is 2.11. The molecule has 0 aromatic carbocycles. The van der Waals surface area contributed by atoms with E-state index in [4.69, 9.17) is 9.47 Å². The summed E-state index contributed by atoms with van der Waals surface area (Å²) >= 11 is 0. The summed E-state index contributed by atoms with van der Waals surface area (Å²) in [6.45, 7) is 3.87. The van der Waals surface area contributed by atoms with E-state index in [0.29, 0.717) is 17.2 Å². The van der Waals surface area contributed by atoms with Gasteiger partial charge in [-0.25, -0.2) is 4.98 Å². The van der Waals surface area contributed by atoms with Gasteiger partial charge >= 0.3 is 0 Å². The average molecular weight is 264 g/mol. The highest BCUT2D eigenvalue weighted by Crippen LogP contribution is 2.31. The van der Waals surface area contributed by atoms with Gasteiger partial charge in [0.05, 0.1) is 12.2 Å². The molecule has 5 nitrogen and oxygen atoms in total. The fourth-order valence-corrected chi connectivity index (χ4v) is 1.59. The molecular formula is C14H20N2O3. The second-order valence-electron chi connectivity index (χ2n) is 5.20. The summed E-state index contributed by atoms with van der Waals surface area (Å²) < 4.78 is 11.3. The van der Waals surface area contributed by atoms with Crippen molar-refractivity contribution in [3.05, 3.63) is 17.8 Å². The van der Waals surface area contributed by atoms with Crippen LogP contribution in [0.15, 0.2) is 12.3 Å². The highest BCUT2D eigenvalue weighted by Gasteiger charge is 2.27. The molecule has 1 heterocycles. The number of carbonyl (C=O) groups is 1. The van der Waals surface area contributed by atoms with Crippen molar-refractivity contribution in [3.8, 4) is 11.6 Å². The van der Waals surface area contributed by atoms with Crippen molar-refractivity contribution in [2.24, 2.45) is 0 Å². The highest BCUT2D eigenvalue weighted by atomic mass is 16.5. The van der Waals surface area contributed by atoms with E-state index in [-0.39, 0.29) is 18.1 Å². The molecule has 19 heavy (non-hydrogen) atoms. The van der Waals surface area contributed by atoms with E-state index in [1.807, 2.05) is 13.8 Å². The van der Waals surface area contributed by atoms with Gasteiger partial charge in [-0.1, -0.05) is 0 Å². The summed E-state index contributed by atoms with van der Waals surface area (Å²) in [4.78, 5) is 17.7. The molecule has 1 amide bonds. The lowest BCUT2D eigenvalue weighted by Crippen LogP contribution is -2.23. The monoisotopic (exact) mass is 264 g/mol. The lowest BCUT2D eigenvalue weighted by Gasteiger charge is -2.16. The first-order valence-corrected chi connectivity index (χ1v) is 6.52. The number of nitrogens with zero attached hydrogens (tertiary/aromatic N) is 2. The molecule has 1 aromatic rings. The summed E-state index contributed by atoms with van der Waals surface area (Å²) in [7, 11) is 3.42. The van der Waals surface area contributed by atoms with Crippen molar-refractivity contribution in [3.63, 3.8) is 0 Å². The van der Waals surface area contributed by atoms with Crippen LogP contribution in [-0.4, -0.2) is 42.1 Å². The minimum atomic E-state index is -0.112. The second kappa shape index (κ2) is 5.47. The van der Waals surface area contributed by atoms with Crippen LogP contribution in [-0.2, 0) is 0 Å². The smallest absolute Gasteiger partial charge is 0.258 e. The Morgan fingerprint density at radius 1 is 1.42 bits per heavy atom. The van der Waals surface area contributed by atoms with Gasteiger partial charge in [0, 0.05) is 26.4 Å². The minimum absolute atomic E-state index is 0.0386. The first-order chi connectivity index (χ1) is 8.97. The second-order valence-corrected chi connectivity index (χ2v) is 5.20. The van der Waals surface area contributed by atoms with Gasteiger partial charge in [0.15, 0.2) is 0 Å². The van der Waals surface area contributed by atoms with Gasteiger partial charge in [0.2, 0.25) is 5.88 Å². The molecular weight excluding hydrogens is 244 g/mol. The maximum Gasteiger partial charge on any atom is 0.258 e. The molecule has 0 aliphatic heterocycles. The maximum atomic E-state index is 12.1. The lowest BCUT2D eigenvalue weighted by molar-refractivity contribution is 0.0822. The van der Waals surface area contributed by atoms with Gasteiger partial charge in [-0.15, -0.1) is 0 Å². The molecule has 2 rings (SSSR count). The third kappa shape index (κ3) is 3.59. The summed E-state index contributed by atoms with van der Waals surface area (Å²) in [5, 5.41) is 0. The van der Waals surface area contributed by atoms with E-state index in [2.05, 4.69) is 4.98 Å². The van der Waals surface area contributed by atoms with Gasteiger partial charge in [-0.05, 0) is 26.7 Å². The Labute approximate surface area is 113 Å². The van der Waals surface area contributed by atoms with Crippen molar-refractivity contribution in [2.45, 2.75) is 38.9 Å². The first-order valence-electron chi connectivity index (χ1n) is 6.52. The van der Waals surface area contributed by atoms with E-state index in [0.717, 1.165) is 12.8 Å². The molecule has 1 aliphatic carbocycles. The Morgan fingerprint density at radius 3 is 2.63 bits per heavy atom. The molecule has 1 saturated carbocycles. The summed E-state index contributed by atoms with van der Waals surface area (Å²) in [5.41, 5.74) is 0.480. The number of aromatic nitrogens is 1. The molecule has 1 aliphatic rings. The van der Waals surface area contributed by atoms with Crippen LogP contribution in [0.3, 0.4) is 0 Å². The van der Waals surface area contributed by atoms with Gasteiger partial charge < -0.3 is 14.4 Å². The quantitative estimate of drug-likeness (QED) is 0.817. The Morgan fingerprint density at radius 2 is 2.11 bits per heavy atom. The molecule has 0 unspecified atom stereocenters. The average Bonchev–Trinajstić information content (AvgIpc) is 3.11. The fourth-order valence-electron chi connectivity index (χ4n) is 1.59. The largest absolute Gasteiger partial charge is 0.489 e. The topological polar surface area (TPSA) is 51.7 Å². The Balaban J connectivity index is 2.27. The maximum absolute atomic E-state index is 12.1. The summed E-state index contributed by atoms with van der Waals surface area (Å²) in [6.07, 6.45) is 3.87.